The van der Waals surface area contributed by atoms with E-state index < -0.39 is 0 Å². The number of unbranched alkanes of at least 4 members (excludes halogenated alkanes) is 2. The van der Waals surface area contributed by atoms with Gasteiger partial charge >= 0.3 is 0 Å². The molecule has 6 nitrogen and oxygen atoms in total. The summed E-state index contributed by atoms with van der Waals surface area (Å²) in [5, 5.41) is 8.25. The van der Waals surface area contributed by atoms with E-state index in [0.717, 1.165) is 19.3 Å². The van der Waals surface area contributed by atoms with Gasteiger partial charge in [0.1, 0.15) is 0 Å². The van der Waals surface area contributed by atoms with Crippen LogP contribution in [0.2, 0.25) is 0 Å². The van der Waals surface area contributed by atoms with Crippen LogP contribution in [0.4, 0.5) is 5.69 Å². The van der Waals surface area contributed by atoms with Gasteiger partial charge in [0.25, 0.3) is 5.91 Å². The van der Waals surface area contributed by atoms with Crippen LogP contribution in [-0.4, -0.2) is 30.8 Å². The minimum atomic E-state index is -0.151. The SMILES string of the molecule is CCNC(=O)c1cccc(NC(=O)CCCCCNC(C)=O)c1. The van der Waals surface area contributed by atoms with Crippen molar-refractivity contribution in [2.75, 3.05) is 18.4 Å². The Balaban J connectivity index is 2.32. The molecule has 0 aliphatic carbocycles. The van der Waals surface area contributed by atoms with E-state index in [1.165, 1.54) is 6.92 Å². The highest BCUT2D eigenvalue weighted by molar-refractivity contribution is 5.97. The van der Waals surface area contributed by atoms with E-state index in [1.54, 1.807) is 24.3 Å². The van der Waals surface area contributed by atoms with Gasteiger partial charge in [0.15, 0.2) is 0 Å². The van der Waals surface area contributed by atoms with E-state index in [0.29, 0.717) is 30.8 Å². The minimum absolute atomic E-state index is 0.0327. The predicted octanol–water partition coefficient (Wildman–Crippen LogP) is 2.07. The average Bonchev–Trinajstić information content (AvgIpc) is 2.51. The third kappa shape index (κ3) is 7.99. The number of rotatable bonds is 9. The first-order valence-electron chi connectivity index (χ1n) is 7.95. The van der Waals surface area contributed by atoms with Gasteiger partial charge in [-0.25, -0.2) is 0 Å². The van der Waals surface area contributed by atoms with E-state index in [9.17, 15) is 14.4 Å². The normalized spacial score (nSPS) is 10.0. The van der Waals surface area contributed by atoms with Crippen LogP contribution in [0.25, 0.3) is 0 Å². The maximum atomic E-state index is 11.9. The van der Waals surface area contributed by atoms with Crippen molar-refractivity contribution in [2.24, 2.45) is 0 Å². The zero-order valence-electron chi connectivity index (χ0n) is 13.8. The molecule has 126 valence electrons. The van der Waals surface area contributed by atoms with Crippen molar-refractivity contribution in [3.63, 3.8) is 0 Å². The summed E-state index contributed by atoms with van der Waals surface area (Å²) in [6.45, 7) is 4.55. The number of carbonyl (C=O) groups excluding carboxylic acids is 3. The number of carbonyl (C=O) groups is 3. The van der Waals surface area contributed by atoms with Crippen LogP contribution in [0.3, 0.4) is 0 Å². The molecule has 0 unspecified atom stereocenters. The lowest BCUT2D eigenvalue weighted by atomic mass is 10.1. The van der Waals surface area contributed by atoms with Crippen LogP contribution in [0.5, 0.6) is 0 Å². The van der Waals surface area contributed by atoms with Gasteiger partial charge in [0.05, 0.1) is 0 Å². The summed E-state index contributed by atoms with van der Waals surface area (Å²) in [7, 11) is 0. The van der Waals surface area contributed by atoms with E-state index >= 15 is 0 Å². The van der Waals surface area contributed by atoms with Crippen molar-refractivity contribution >= 4 is 23.4 Å². The van der Waals surface area contributed by atoms with Crippen LogP contribution in [-0.2, 0) is 9.59 Å². The molecule has 23 heavy (non-hydrogen) atoms. The third-order valence-electron chi connectivity index (χ3n) is 3.20. The Morgan fingerprint density at radius 1 is 1.04 bits per heavy atom. The summed E-state index contributed by atoms with van der Waals surface area (Å²) in [5.74, 6) is -0.256. The van der Waals surface area contributed by atoms with E-state index in [2.05, 4.69) is 16.0 Å². The maximum absolute atomic E-state index is 11.9. The third-order valence-corrected chi connectivity index (χ3v) is 3.20. The van der Waals surface area contributed by atoms with E-state index in [4.69, 9.17) is 0 Å². The summed E-state index contributed by atoms with van der Waals surface area (Å²) < 4.78 is 0. The van der Waals surface area contributed by atoms with Gasteiger partial charge in [-0.1, -0.05) is 12.5 Å². The highest BCUT2D eigenvalue weighted by Crippen LogP contribution is 2.12. The summed E-state index contributed by atoms with van der Waals surface area (Å²) in [6, 6.07) is 6.88. The topological polar surface area (TPSA) is 87.3 Å². The van der Waals surface area contributed by atoms with Crippen LogP contribution in [0.15, 0.2) is 24.3 Å². The van der Waals surface area contributed by atoms with Crippen molar-refractivity contribution in [2.45, 2.75) is 39.5 Å². The fourth-order valence-electron chi connectivity index (χ4n) is 2.08. The quantitative estimate of drug-likeness (QED) is 0.609. The standard InChI is InChI=1S/C17H25N3O3/c1-3-18-17(23)14-8-7-9-15(12-14)20-16(22)10-5-4-6-11-19-13(2)21/h7-9,12H,3-6,10-11H2,1-2H3,(H,18,23)(H,19,21)(H,20,22). The van der Waals surface area contributed by atoms with Gasteiger partial charge < -0.3 is 16.0 Å². The Morgan fingerprint density at radius 2 is 1.83 bits per heavy atom. The summed E-state index contributed by atoms with van der Waals surface area (Å²) >= 11 is 0. The molecule has 0 fully saturated rings. The van der Waals surface area contributed by atoms with Gasteiger partial charge in [0, 0.05) is 37.7 Å². The molecule has 0 aliphatic heterocycles. The Bertz CT molecular complexity index is 544. The molecule has 0 aliphatic rings. The lowest BCUT2D eigenvalue weighted by Gasteiger charge is -2.08. The second-order valence-corrected chi connectivity index (χ2v) is 5.28. The zero-order chi connectivity index (χ0) is 17.1. The molecule has 6 heteroatoms. The lowest BCUT2D eigenvalue weighted by molar-refractivity contribution is -0.119. The predicted molar refractivity (Wildman–Crippen MR) is 90.2 cm³/mol. The van der Waals surface area contributed by atoms with Gasteiger partial charge in [-0.2, -0.15) is 0 Å². The molecule has 3 amide bonds. The van der Waals surface area contributed by atoms with Gasteiger partial charge in [0.2, 0.25) is 11.8 Å². The van der Waals surface area contributed by atoms with Crippen molar-refractivity contribution in [1.82, 2.24) is 10.6 Å². The van der Waals surface area contributed by atoms with Gasteiger partial charge in [-0.15, -0.1) is 0 Å². The molecule has 0 bridgehead atoms. The number of benzene rings is 1. The number of amides is 3. The summed E-state index contributed by atoms with van der Waals surface area (Å²) in [4.78, 5) is 34.3. The fraction of sp³-hybridized carbons (Fsp3) is 0.471. The average molecular weight is 319 g/mol. The van der Waals surface area contributed by atoms with Crippen molar-refractivity contribution in [1.29, 1.82) is 0 Å². The Hall–Kier alpha value is -2.37. The largest absolute Gasteiger partial charge is 0.356 e. The molecule has 1 rings (SSSR count). The molecule has 0 saturated carbocycles. The zero-order valence-corrected chi connectivity index (χ0v) is 13.8. The molecule has 1 aromatic rings. The lowest BCUT2D eigenvalue weighted by Crippen LogP contribution is -2.22. The van der Waals surface area contributed by atoms with E-state index in [1.807, 2.05) is 6.92 Å². The molecule has 0 saturated heterocycles. The number of nitrogens with one attached hydrogen (secondary N) is 3. The van der Waals surface area contributed by atoms with Crippen molar-refractivity contribution in [3.8, 4) is 0 Å². The molecular weight excluding hydrogens is 294 g/mol. The Morgan fingerprint density at radius 3 is 2.52 bits per heavy atom. The monoisotopic (exact) mass is 319 g/mol. The first-order chi connectivity index (χ1) is 11.0. The number of hydrogen-bond donors (Lipinski definition) is 3. The molecule has 0 heterocycles. The van der Waals surface area contributed by atoms with Crippen LogP contribution >= 0.6 is 0 Å². The van der Waals surface area contributed by atoms with Gasteiger partial charge in [-0.05, 0) is 38.0 Å². The first kappa shape index (κ1) is 18.7. The van der Waals surface area contributed by atoms with Gasteiger partial charge in [-0.3, -0.25) is 14.4 Å². The molecule has 3 N–H and O–H groups in total. The Kier molecular flexibility index (Phi) is 8.42. The van der Waals surface area contributed by atoms with Crippen LogP contribution in [0, 0.1) is 0 Å². The molecule has 0 spiro atoms. The summed E-state index contributed by atoms with van der Waals surface area (Å²) in [5.41, 5.74) is 1.15. The molecule has 1 aromatic carbocycles. The number of hydrogen-bond acceptors (Lipinski definition) is 3. The minimum Gasteiger partial charge on any atom is -0.356 e. The molecule has 0 aromatic heterocycles. The van der Waals surface area contributed by atoms with E-state index in [-0.39, 0.29) is 17.7 Å². The second kappa shape index (κ2) is 10.4. The molecular formula is C17H25N3O3. The smallest absolute Gasteiger partial charge is 0.251 e. The van der Waals surface area contributed by atoms with Crippen molar-refractivity contribution < 1.29 is 14.4 Å². The maximum Gasteiger partial charge on any atom is 0.251 e. The van der Waals surface area contributed by atoms with Crippen LogP contribution in [0.1, 0.15) is 49.9 Å². The number of anilines is 1. The first-order valence-corrected chi connectivity index (χ1v) is 7.95. The van der Waals surface area contributed by atoms with Crippen molar-refractivity contribution in [3.05, 3.63) is 29.8 Å². The fourth-order valence-corrected chi connectivity index (χ4v) is 2.08. The highest BCUT2D eigenvalue weighted by Gasteiger charge is 2.07. The van der Waals surface area contributed by atoms with Crippen LogP contribution < -0.4 is 16.0 Å². The highest BCUT2D eigenvalue weighted by atomic mass is 16.2. The summed E-state index contributed by atoms with van der Waals surface area (Å²) in [6.07, 6.45) is 2.93. The Labute approximate surface area is 137 Å². The second-order valence-electron chi connectivity index (χ2n) is 5.28. The molecule has 0 radical (unpaired) electrons. The molecule has 0 atom stereocenters.